The highest BCUT2D eigenvalue weighted by atomic mass is 35.5. The molecule has 0 saturated heterocycles. The van der Waals surface area contributed by atoms with Gasteiger partial charge in [-0.05, 0) is 44.0 Å². The van der Waals surface area contributed by atoms with Gasteiger partial charge in [0.05, 0.1) is 0 Å². The van der Waals surface area contributed by atoms with E-state index in [1.54, 1.807) is 25.1 Å². The van der Waals surface area contributed by atoms with Crippen LogP contribution < -0.4 is 10.9 Å². The number of rotatable bonds is 4. The summed E-state index contributed by atoms with van der Waals surface area (Å²) in [7, 11) is 0. The van der Waals surface area contributed by atoms with E-state index in [1.807, 2.05) is 38.1 Å². The van der Waals surface area contributed by atoms with E-state index in [0.717, 1.165) is 16.8 Å². The number of halogens is 1. The standard InChI is InChI=1S/C21H20ClN3O2/c1-13-6-4-7-14(2)20(13)24-18(26)12-25-19(27)10-15(3)23-21(25)16-8-5-9-17(22)11-16/h4-11H,12H2,1-3H3,(H,24,26). The number of aryl methyl sites for hydroxylation is 3. The Hall–Kier alpha value is -2.92. The van der Waals surface area contributed by atoms with Crippen LogP contribution in [0.15, 0.2) is 53.3 Å². The molecule has 27 heavy (non-hydrogen) atoms. The van der Waals surface area contributed by atoms with Crippen LogP contribution in [0.25, 0.3) is 11.4 Å². The van der Waals surface area contributed by atoms with Crippen molar-refractivity contribution in [2.45, 2.75) is 27.3 Å². The predicted molar refractivity (Wildman–Crippen MR) is 108 cm³/mol. The van der Waals surface area contributed by atoms with Crippen molar-refractivity contribution < 1.29 is 4.79 Å². The molecule has 1 amide bonds. The van der Waals surface area contributed by atoms with Crippen LogP contribution in [0.2, 0.25) is 5.02 Å². The van der Waals surface area contributed by atoms with Gasteiger partial charge >= 0.3 is 0 Å². The summed E-state index contributed by atoms with van der Waals surface area (Å²) in [6, 6.07) is 14.3. The third kappa shape index (κ3) is 4.26. The molecule has 0 aliphatic carbocycles. The van der Waals surface area contributed by atoms with Gasteiger partial charge in [-0.15, -0.1) is 0 Å². The molecule has 0 aliphatic rings. The molecule has 0 bridgehead atoms. The molecule has 1 aromatic heterocycles. The van der Waals surface area contributed by atoms with E-state index in [1.165, 1.54) is 10.6 Å². The fourth-order valence-electron chi connectivity index (χ4n) is 2.96. The van der Waals surface area contributed by atoms with Gasteiger partial charge in [0.1, 0.15) is 12.4 Å². The molecule has 0 fully saturated rings. The largest absolute Gasteiger partial charge is 0.324 e. The molecule has 0 saturated carbocycles. The molecule has 1 N–H and O–H groups in total. The number of anilines is 1. The molecule has 0 unspecified atom stereocenters. The maximum absolute atomic E-state index is 12.6. The molecule has 0 atom stereocenters. The third-order valence-corrected chi connectivity index (χ3v) is 4.50. The quantitative estimate of drug-likeness (QED) is 0.739. The molecule has 1 heterocycles. The van der Waals surface area contributed by atoms with E-state index < -0.39 is 0 Å². The van der Waals surface area contributed by atoms with Gasteiger partial charge in [0, 0.05) is 28.0 Å². The Morgan fingerprint density at radius 1 is 1.07 bits per heavy atom. The third-order valence-electron chi connectivity index (χ3n) is 4.27. The fourth-order valence-corrected chi connectivity index (χ4v) is 3.15. The van der Waals surface area contributed by atoms with E-state index >= 15 is 0 Å². The van der Waals surface area contributed by atoms with Crippen molar-refractivity contribution in [1.82, 2.24) is 9.55 Å². The number of aromatic nitrogens is 2. The van der Waals surface area contributed by atoms with Gasteiger partial charge in [-0.1, -0.05) is 41.9 Å². The summed E-state index contributed by atoms with van der Waals surface area (Å²) >= 11 is 6.08. The summed E-state index contributed by atoms with van der Waals surface area (Å²) in [5.74, 6) is 0.127. The van der Waals surface area contributed by atoms with Crippen molar-refractivity contribution in [3.63, 3.8) is 0 Å². The van der Waals surface area contributed by atoms with Crippen LogP contribution in [-0.2, 0) is 11.3 Å². The monoisotopic (exact) mass is 381 g/mol. The van der Waals surface area contributed by atoms with Gasteiger partial charge in [-0.25, -0.2) is 4.98 Å². The average molecular weight is 382 g/mol. The molecule has 5 nitrogen and oxygen atoms in total. The van der Waals surface area contributed by atoms with Crippen LogP contribution in [0.1, 0.15) is 16.8 Å². The lowest BCUT2D eigenvalue weighted by atomic mass is 10.1. The van der Waals surface area contributed by atoms with Gasteiger partial charge in [-0.2, -0.15) is 0 Å². The zero-order valence-electron chi connectivity index (χ0n) is 15.4. The van der Waals surface area contributed by atoms with Gasteiger partial charge in [0.15, 0.2) is 0 Å². The van der Waals surface area contributed by atoms with Gasteiger partial charge in [0.25, 0.3) is 5.56 Å². The number of para-hydroxylation sites is 1. The Morgan fingerprint density at radius 3 is 2.41 bits per heavy atom. The van der Waals surface area contributed by atoms with Crippen molar-refractivity contribution in [3.8, 4) is 11.4 Å². The summed E-state index contributed by atoms with van der Waals surface area (Å²) in [5, 5.41) is 3.44. The number of benzene rings is 2. The Morgan fingerprint density at radius 2 is 1.74 bits per heavy atom. The van der Waals surface area contributed by atoms with Crippen molar-refractivity contribution >= 4 is 23.2 Å². The Kier molecular flexibility index (Phi) is 5.42. The lowest BCUT2D eigenvalue weighted by molar-refractivity contribution is -0.116. The Labute approximate surface area is 162 Å². The maximum Gasteiger partial charge on any atom is 0.254 e. The van der Waals surface area contributed by atoms with Crippen LogP contribution in [-0.4, -0.2) is 15.5 Å². The Balaban J connectivity index is 1.97. The molecule has 2 aromatic carbocycles. The highest BCUT2D eigenvalue weighted by Crippen LogP contribution is 2.22. The van der Waals surface area contributed by atoms with Crippen molar-refractivity contribution in [3.05, 3.63) is 80.7 Å². The summed E-state index contributed by atoms with van der Waals surface area (Å²) in [4.78, 5) is 29.7. The zero-order chi connectivity index (χ0) is 19.6. The molecule has 3 aromatic rings. The second kappa shape index (κ2) is 7.76. The molecule has 138 valence electrons. The van der Waals surface area contributed by atoms with Crippen molar-refractivity contribution in [2.24, 2.45) is 0 Å². The first-order valence-electron chi connectivity index (χ1n) is 8.55. The topological polar surface area (TPSA) is 64.0 Å². The molecular weight excluding hydrogens is 362 g/mol. The van der Waals surface area contributed by atoms with E-state index in [2.05, 4.69) is 10.3 Å². The van der Waals surface area contributed by atoms with Gasteiger partial charge in [-0.3, -0.25) is 14.2 Å². The van der Waals surface area contributed by atoms with E-state index in [9.17, 15) is 9.59 Å². The lowest BCUT2D eigenvalue weighted by Gasteiger charge is -2.15. The number of nitrogens with one attached hydrogen (secondary N) is 1. The number of carbonyl (C=O) groups excluding carboxylic acids is 1. The lowest BCUT2D eigenvalue weighted by Crippen LogP contribution is -2.30. The van der Waals surface area contributed by atoms with E-state index in [-0.39, 0.29) is 18.0 Å². The molecule has 3 rings (SSSR count). The van der Waals surface area contributed by atoms with E-state index in [0.29, 0.717) is 22.1 Å². The number of hydrogen-bond donors (Lipinski definition) is 1. The van der Waals surface area contributed by atoms with E-state index in [4.69, 9.17) is 11.6 Å². The summed E-state index contributed by atoms with van der Waals surface area (Å²) < 4.78 is 1.36. The SMILES string of the molecule is Cc1cc(=O)n(CC(=O)Nc2c(C)cccc2C)c(-c2cccc(Cl)c2)n1. The minimum absolute atomic E-state index is 0.137. The van der Waals surface area contributed by atoms with Crippen LogP contribution in [0, 0.1) is 20.8 Å². The molecule has 0 spiro atoms. The average Bonchev–Trinajstić information content (AvgIpc) is 2.60. The number of amides is 1. The molecule has 0 aliphatic heterocycles. The first-order valence-corrected chi connectivity index (χ1v) is 8.93. The van der Waals surface area contributed by atoms with Crippen LogP contribution in [0.3, 0.4) is 0 Å². The summed E-state index contributed by atoms with van der Waals surface area (Å²) in [6.07, 6.45) is 0. The highest BCUT2D eigenvalue weighted by molar-refractivity contribution is 6.30. The second-order valence-corrected chi connectivity index (χ2v) is 6.91. The zero-order valence-corrected chi connectivity index (χ0v) is 16.2. The van der Waals surface area contributed by atoms with Crippen LogP contribution in [0.5, 0.6) is 0 Å². The minimum atomic E-state index is -0.288. The molecule has 6 heteroatoms. The number of nitrogens with zero attached hydrogens (tertiary/aromatic N) is 2. The smallest absolute Gasteiger partial charge is 0.254 e. The summed E-state index contributed by atoms with van der Waals surface area (Å²) in [6.45, 7) is 5.47. The number of carbonyl (C=O) groups is 1. The summed E-state index contributed by atoms with van der Waals surface area (Å²) in [5.41, 5.74) is 3.68. The second-order valence-electron chi connectivity index (χ2n) is 6.47. The maximum atomic E-state index is 12.6. The first kappa shape index (κ1) is 18.9. The molecular formula is C21H20ClN3O2. The van der Waals surface area contributed by atoms with Crippen LogP contribution in [0.4, 0.5) is 5.69 Å². The van der Waals surface area contributed by atoms with Crippen molar-refractivity contribution in [1.29, 1.82) is 0 Å². The predicted octanol–water partition coefficient (Wildman–Crippen LogP) is 4.13. The molecule has 0 radical (unpaired) electrons. The normalized spacial score (nSPS) is 10.7. The van der Waals surface area contributed by atoms with Gasteiger partial charge in [0.2, 0.25) is 5.91 Å². The Bertz CT molecular complexity index is 1050. The van der Waals surface area contributed by atoms with Crippen LogP contribution >= 0.6 is 11.6 Å². The first-order chi connectivity index (χ1) is 12.8. The van der Waals surface area contributed by atoms with Gasteiger partial charge < -0.3 is 5.32 Å². The fraction of sp³-hybridized carbons (Fsp3) is 0.190. The van der Waals surface area contributed by atoms with Crippen molar-refractivity contribution in [2.75, 3.05) is 5.32 Å². The minimum Gasteiger partial charge on any atom is -0.324 e. The number of hydrogen-bond acceptors (Lipinski definition) is 3. The highest BCUT2D eigenvalue weighted by Gasteiger charge is 2.14.